The molecule has 2 aromatic rings. The monoisotopic (exact) mass is 355 g/mol. The van der Waals surface area contributed by atoms with Gasteiger partial charge in [0.15, 0.2) is 5.82 Å². The van der Waals surface area contributed by atoms with Gasteiger partial charge in [0.25, 0.3) is 0 Å². The fourth-order valence-corrected chi connectivity index (χ4v) is 3.69. The second-order valence-corrected chi connectivity index (χ2v) is 6.87. The van der Waals surface area contributed by atoms with Crippen molar-refractivity contribution in [1.82, 2.24) is 20.4 Å². The van der Waals surface area contributed by atoms with Crippen molar-refractivity contribution in [3.8, 4) is 0 Å². The first-order valence-electron chi connectivity index (χ1n) is 8.76. The summed E-state index contributed by atoms with van der Waals surface area (Å²) in [4.78, 5) is 30.1. The molecule has 8 nitrogen and oxygen atoms in total. The van der Waals surface area contributed by atoms with E-state index in [1.165, 1.54) is 5.56 Å². The molecule has 26 heavy (non-hydrogen) atoms. The second-order valence-electron chi connectivity index (χ2n) is 6.87. The van der Waals surface area contributed by atoms with Crippen LogP contribution in [0.4, 0.5) is 4.79 Å². The quantitative estimate of drug-likeness (QED) is 0.857. The number of nitrogens with zero attached hydrogens (tertiary/aromatic N) is 3. The van der Waals surface area contributed by atoms with E-state index in [0.717, 1.165) is 12.0 Å². The Kier molecular flexibility index (Phi) is 4.10. The van der Waals surface area contributed by atoms with Crippen LogP contribution in [0.2, 0.25) is 0 Å². The third-order valence-electron chi connectivity index (χ3n) is 5.15. The van der Waals surface area contributed by atoms with E-state index in [2.05, 4.69) is 21.5 Å². The summed E-state index contributed by atoms with van der Waals surface area (Å²) in [6.45, 7) is 2.65. The lowest BCUT2D eigenvalue weighted by Gasteiger charge is -2.36. The Hall–Kier alpha value is -2.90. The summed E-state index contributed by atoms with van der Waals surface area (Å²) in [7, 11) is 0. The maximum Gasteiger partial charge on any atom is 0.315 e. The summed E-state index contributed by atoms with van der Waals surface area (Å²) in [5, 5.41) is 6.74. The molecule has 0 radical (unpaired) electrons. The van der Waals surface area contributed by atoms with Crippen LogP contribution in [0.3, 0.4) is 0 Å². The van der Waals surface area contributed by atoms with E-state index < -0.39 is 6.03 Å². The number of carbonyl (C=O) groups is 2. The molecule has 3 amide bonds. The van der Waals surface area contributed by atoms with Crippen molar-refractivity contribution in [2.24, 2.45) is 11.7 Å². The third kappa shape index (κ3) is 3.02. The first-order valence-corrected chi connectivity index (χ1v) is 8.76. The molecule has 4 rings (SSSR count). The number of rotatable bonds is 4. The number of aromatic nitrogens is 2. The average molecular weight is 355 g/mol. The standard InChI is InChI=1S/C18H21N5O3/c1-10-21-17(26-22-10)14-8-13(14)16(24)20-9-15-12-5-3-2-4-11(12)6-7-23(15)18(19)25/h2-5,13-15H,6-9H2,1H3,(H2,19,25)(H,20,24). The lowest BCUT2D eigenvalue weighted by Crippen LogP contribution is -2.47. The summed E-state index contributed by atoms with van der Waals surface area (Å²) in [5.74, 6) is 0.863. The molecule has 1 fully saturated rings. The van der Waals surface area contributed by atoms with Crippen LogP contribution in [0, 0.1) is 12.8 Å². The Morgan fingerprint density at radius 3 is 2.92 bits per heavy atom. The minimum Gasteiger partial charge on any atom is -0.353 e. The molecule has 3 atom stereocenters. The van der Waals surface area contributed by atoms with E-state index in [4.69, 9.17) is 10.3 Å². The number of fused-ring (bicyclic) bond motifs is 1. The topological polar surface area (TPSA) is 114 Å². The summed E-state index contributed by atoms with van der Waals surface area (Å²) < 4.78 is 5.15. The van der Waals surface area contributed by atoms with E-state index in [1.807, 2.05) is 18.2 Å². The number of hydrogen-bond acceptors (Lipinski definition) is 5. The SMILES string of the molecule is Cc1noc(C2CC2C(=O)NCC2c3ccccc3CCN2C(N)=O)n1. The maximum absolute atomic E-state index is 12.5. The number of primary amides is 1. The highest BCUT2D eigenvalue weighted by Crippen LogP contribution is 2.46. The van der Waals surface area contributed by atoms with Gasteiger partial charge in [-0.3, -0.25) is 4.79 Å². The fraction of sp³-hybridized carbons (Fsp3) is 0.444. The Balaban J connectivity index is 1.43. The predicted octanol–water partition coefficient (Wildman–Crippen LogP) is 1.28. The highest BCUT2D eigenvalue weighted by molar-refractivity contribution is 5.82. The average Bonchev–Trinajstić information content (AvgIpc) is 3.33. The zero-order valence-electron chi connectivity index (χ0n) is 14.5. The summed E-state index contributed by atoms with van der Waals surface area (Å²) in [6, 6.07) is 7.25. The van der Waals surface area contributed by atoms with Crippen LogP contribution in [-0.2, 0) is 11.2 Å². The first kappa shape index (κ1) is 16.6. The number of urea groups is 1. The molecule has 0 saturated heterocycles. The van der Waals surface area contributed by atoms with Crippen LogP contribution in [0.25, 0.3) is 0 Å². The van der Waals surface area contributed by atoms with Crippen molar-refractivity contribution in [2.45, 2.75) is 31.7 Å². The van der Waals surface area contributed by atoms with Gasteiger partial charge in [0, 0.05) is 13.1 Å². The number of amides is 3. The molecule has 8 heteroatoms. The summed E-state index contributed by atoms with van der Waals surface area (Å²) in [6.07, 6.45) is 1.47. The maximum atomic E-state index is 12.5. The molecule has 3 N–H and O–H groups in total. The van der Waals surface area contributed by atoms with Crippen molar-refractivity contribution in [1.29, 1.82) is 0 Å². The highest BCUT2D eigenvalue weighted by atomic mass is 16.5. The van der Waals surface area contributed by atoms with Crippen molar-refractivity contribution >= 4 is 11.9 Å². The van der Waals surface area contributed by atoms with Gasteiger partial charge in [0.1, 0.15) is 0 Å². The lowest BCUT2D eigenvalue weighted by molar-refractivity contribution is -0.122. The molecule has 1 aromatic heterocycles. The first-order chi connectivity index (χ1) is 12.5. The summed E-state index contributed by atoms with van der Waals surface area (Å²) >= 11 is 0. The van der Waals surface area contributed by atoms with Crippen molar-refractivity contribution in [3.05, 3.63) is 47.1 Å². The third-order valence-corrected chi connectivity index (χ3v) is 5.15. The van der Waals surface area contributed by atoms with Crippen LogP contribution in [-0.4, -0.2) is 40.1 Å². The molecular formula is C18H21N5O3. The van der Waals surface area contributed by atoms with Crippen LogP contribution in [0.5, 0.6) is 0 Å². The number of aryl methyl sites for hydroxylation is 1. The largest absolute Gasteiger partial charge is 0.353 e. The van der Waals surface area contributed by atoms with Crippen molar-refractivity contribution in [2.75, 3.05) is 13.1 Å². The number of benzene rings is 1. The molecule has 0 bridgehead atoms. The van der Waals surface area contributed by atoms with E-state index in [9.17, 15) is 9.59 Å². The summed E-state index contributed by atoms with van der Waals surface area (Å²) in [5.41, 5.74) is 7.77. The van der Waals surface area contributed by atoms with Crippen molar-refractivity contribution < 1.29 is 14.1 Å². The van der Waals surface area contributed by atoms with Gasteiger partial charge in [-0.2, -0.15) is 4.98 Å². The Bertz CT molecular complexity index is 849. The van der Waals surface area contributed by atoms with Gasteiger partial charge >= 0.3 is 6.03 Å². The molecule has 1 aliphatic carbocycles. The van der Waals surface area contributed by atoms with Gasteiger partial charge in [0.2, 0.25) is 11.8 Å². The minimum atomic E-state index is -0.468. The molecule has 1 aromatic carbocycles. The van der Waals surface area contributed by atoms with Gasteiger partial charge in [-0.1, -0.05) is 29.4 Å². The van der Waals surface area contributed by atoms with Crippen LogP contribution in [0.1, 0.15) is 41.2 Å². The van der Waals surface area contributed by atoms with Gasteiger partial charge in [0.05, 0.1) is 17.9 Å². The van der Waals surface area contributed by atoms with E-state index in [0.29, 0.717) is 31.2 Å². The molecule has 3 unspecified atom stereocenters. The Morgan fingerprint density at radius 1 is 1.38 bits per heavy atom. The van der Waals surface area contributed by atoms with Crippen LogP contribution < -0.4 is 11.1 Å². The molecule has 2 aliphatic rings. The molecule has 1 saturated carbocycles. The van der Waals surface area contributed by atoms with E-state index in [1.54, 1.807) is 11.8 Å². The second kappa shape index (κ2) is 6.44. The smallest absolute Gasteiger partial charge is 0.315 e. The highest BCUT2D eigenvalue weighted by Gasteiger charge is 2.48. The fourth-order valence-electron chi connectivity index (χ4n) is 3.69. The molecule has 0 spiro atoms. The van der Waals surface area contributed by atoms with Crippen LogP contribution >= 0.6 is 0 Å². The zero-order valence-corrected chi connectivity index (χ0v) is 14.5. The number of carbonyl (C=O) groups excluding carboxylic acids is 2. The van der Waals surface area contributed by atoms with Gasteiger partial charge in [-0.15, -0.1) is 0 Å². The van der Waals surface area contributed by atoms with E-state index >= 15 is 0 Å². The molecule has 136 valence electrons. The van der Waals surface area contributed by atoms with Crippen LogP contribution in [0.15, 0.2) is 28.8 Å². The van der Waals surface area contributed by atoms with Gasteiger partial charge < -0.3 is 20.5 Å². The molecule has 1 aliphatic heterocycles. The van der Waals surface area contributed by atoms with Crippen molar-refractivity contribution in [3.63, 3.8) is 0 Å². The lowest BCUT2D eigenvalue weighted by atomic mass is 9.92. The Labute approximate surface area is 150 Å². The number of nitrogens with one attached hydrogen (secondary N) is 1. The van der Waals surface area contributed by atoms with Gasteiger partial charge in [-0.25, -0.2) is 4.79 Å². The number of nitrogens with two attached hydrogens (primary N) is 1. The minimum absolute atomic E-state index is 0.0120. The molecular weight excluding hydrogens is 334 g/mol. The predicted molar refractivity (Wildman–Crippen MR) is 92.1 cm³/mol. The normalized spacial score (nSPS) is 24.0. The van der Waals surface area contributed by atoms with Gasteiger partial charge in [-0.05, 0) is 30.9 Å². The number of hydrogen-bond donors (Lipinski definition) is 2. The zero-order chi connectivity index (χ0) is 18.3. The van der Waals surface area contributed by atoms with E-state index in [-0.39, 0.29) is 23.8 Å². The Morgan fingerprint density at radius 2 is 2.19 bits per heavy atom. The molecule has 2 heterocycles.